The Morgan fingerprint density at radius 3 is 2.09 bits per heavy atom. The lowest BCUT2D eigenvalue weighted by molar-refractivity contribution is 0.0977. The monoisotopic (exact) mass is 315 g/mol. The van der Waals surface area contributed by atoms with Gasteiger partial charge in [0, 0.05) is 12.0 Å². The van der Waals surface area contributed by atoms with Crippen LogP contribution in [0.1, 0.15) is 119 Å². The highest BCUT2D eigenvalue weighted by Gasteiger charge is 2.15. The van der Waals surface area contributed by atoms with Gasteiger partial charge >= 0.3 is 0 Å². The van der Waals surface area contributed by atoms with Gasteiger partial charge in [-0.2, -0.15) is 0 Å². The van der Waals surface area contributed by atoms with Crippen LogP contribution in [0.15, 0.2) is 12.1 Å². The molecule has 0 amide bonds. The van der Waals surface area contributed by atoms with E-state index in [0.29, 0.717) is 24.0 Å². The van der Waals surface area contributed by atoms with Gasteiger partial charge in [0.05, 0.1) is 0 Å². The van der Waals surface area contributed by atoms with Crippen LogP contribution in [-0.4, -0.2) is 5.78 Å². The molecule has 0 spiro atoms. The number of carbonyl (C=O) groups excluding carboxylic acids is 1. The third-order valence-electron chi connectivity index (χ3n) is 4.51. The molecular weight excluding hydrogens is 280 g/mol. The average molecular weight is 316 g/mol. The van der Waals surface area contributed by atoms with Crippen molar-refractivity contribution in [3.8, 4) is 0 Å². The van der Waals surface area contributed by atoms with Crippen LogP contribution in [0.25, 0.3) is 0 Å². The molecule has 0 aliphatic heterocycles. The van der Waals surface area contributed by atoms with Gasteiger partial charge in [0.2, 0.25) is 0 Å². The Morgan fingerprint density at radius 2 is 1.52 bits per heavy atom. The summed E-state index contributed by atoms with van der Waals surface area (Å²) in [5.74, 6) is 1.11. The summed E-state index contributed by atoms with van der Waals surface area (Å²) in [6, 6.07) is 7.61. The second kappa shape index (κ2) is 10.6. The summed E-state index contributed by atoms with van der Waals surface area (Å²) in [5, 5.41) is 0. The lowest BCUT2D eigenvalue weighted by Crippen LogP contribution is -2.07. The number of benzene rings is 1. The minimum Gasteiger partial charge on any atom is -0.294 e. The average Bonchev–Trinajstić information content (AvgIpc) is 2.53. The van der Waals surface area contributed by atoms with Crippen molar-refractivity contribution in [2.75, 3.05) is 0 Å². The molecule has 0 fully saturated rings. The van der Waals surface area contributed by atoms with E-state index in [1.165, 1.54) is 44.1 Å². The molecule has 0 aromatic heterocycles. The van der Waals surface area contributed by atoms with Crippen molar-refractivity contribution in [1.29, 1.82) is 0 Å². The van der Waals surface area contributed by atoms with Crippen molar-refractivity contribution in [1.82, 2.24) is 0 Å². The number of ketones is 1. The molecule has 129 valence electrons. The summed E-state index contributed by atoms with van der Waals surface area (Å²) in [6.07, 6.45) is 9.44. The molecule has 1 aromatic rings. The minimum atomic E-state index is 0.300. The summed E-state index contributed by atoms with van der Waals surface area (Å²) in [6.45, 7) is 10.9. The summed E-state index contributed by atoms with van der Waals surface area (Å²) >= 11 is 0. The molecule has 1 nitrogen and oxygen atoms in total. The first-order chi connectivity index (χ1) is 11.0. The van der Waals surface area contributed by atoms with E-state index >= 15 is 0 Å². The number of unbranched alkanes of at least 4 members (excludes halogenated alkanes) is 6. The molecule has 1 rings (SSSR count). The molecular formula is C22H35O. The van der Waals surface area contributed by atoms with Crippen molar-refractivity contribution in [2.24, 2.45) is 0 Å². The van der Waals surface area contributed by atoms with Crippen LogP contribution < -0.4 is 0 Å². The highest BCUT2D eigenvalue weighted by Crippen LogP contribution is 2.25. The number of rotatable bonds is 11. The van der Waals surface area contributed by atoms with Gasteiger partial charge in [-0.05, 0) is 35.4 Å². The highest BCUT2D eigenvalue weighted by molar-refractivity contribution is 5.97. The van der Waals surface area contributed by atoms with E-state index in [0.717, 1.165) is 17.5 Å². The Bertz CT molecular complexity index is 471. The normalized spacial score (nSPS) is 11.4. The summed E-state index contributed by atoms with van der Waals surface area (Å²) in [5.41, 5.74) is 3.21. The second-order valence-corrected chi connectivity index (χ2v) is 7.34. The maximum Gasteiger partial charge on any atom is 0.163 e. The second-order valence-electron chi connectivity index (χ2n) is 7.34. The standard InChI is InChI=1S/C22H35O/c1-6-7-8-9-10-11-12-13-22(23)20-15-14-19(17(2)3)16-21(20)18(4)5/h14-15,17-18H,6-13H2,1-5H3. The molecule has 0 saturated heterocycles. The number of Topliss-reactive ketones (excluding diaryl/α,β-unsaturated/α-hetero) is 1. The zero-order valence-electron chi connectivity index (χ0n) is 15.9. The lowest BCUT2D eigenvalue weighted by atomic mass is 9.89. The van der Waals surface area contributed by atoms with E-state index < -0.39 is 0 Å². The van der Waals surface area contributed by atoms with Crippen LogP contribution in [0.5, 0.6) is 0 Å². The zero-order valence-corrected chi connectivity index (χ0v) is 15.9. The maximum absolute atomic E-state index is 12.6. The molecule has 1 aromatic carbocycles. The van der Waals surface area contributed by atoms with Crippen LogP contribution in [0.3, 0.4) is 0 Å². The Morgan fingerprint density at radius 1 is 0.913 bits per heavy atom. The first-order valence-corrected chi connectivity index (χ1v) is 9.56. The topological polar surface area (TPSA) is 17.1 Å². The van der Waals surface area contributed by atoms with Crippen molar-refractivity contribution in [3.05, 3.63) is 34.9 Å². The Hall–Kier alpha value is -1.11. The van der Waals surface area contributed by atoms with E-state index in [-0.39, 0.29) is 0 Å². The number of hydrogen-bond donors (Lipinski definition) is 0. The fourth-order valence-electron chi connectivity index (χ4n) is 2.94. The van der Waals surface area contributed by atoms with Gasteiger partial charge in [-0.1, -0.05) is 85.3 Å². The van der Waals surface area contributed by atoms with Gasteiger partial charge < -0.3 is 0 Å². The SMILES string of the molecule is CCCCCCCCCC(=O)c1ccc(C(C)C)[c]c1C(C)C. The minimum absolute atomic E-state index is 0.300. The van der Waals surface area contributed by atoms with Gasteiger partial charge in [-0.25, -0.2) is 0 Å². The Kier molecular flexibility index (Phi) is 9.21. The fourth-order valence-corrected chi connectivity index (χ4v) is 2.94. The molecule has 1 radical (unpaired) electrons. The fraction of sp³-hybridized carbons (Fsp3) is 0.682. The summed E-state index contributed by atoms with van der Waals surface area (Å²) in [7, 11) is 0. The van der Waals surface area contributed by atoms with E-state index in [4.69, 9.17) is 0 Å². The van der Waals surface area contributed by atoms with Gasteiger partial charge in [0.25, 0.3) is 0 Å². The molecule has 0 bridgehead atoms. The first-order valence-electron chi connectivity index (χ1n) is 9.56. The van der Waals surface area contributed by atoms with E-state index in [1.54, 1.807) is 0 Å². The maximum atomic E-state index is 12.6. The third kappa shape index (κ3) is 6.89. The molecule has 0 aliphatic rings. The van der Waals surface area contributed by atoms with Gasteiger partial charge in [-0.3, -0.25) is 4.79 Å². The molecule has 0 aliphatic carbocycles. The summed E-state index contributed by atoms with van der Waals surface area (Å²) < 4.78 is 0. The Balaban J connectivity index is 2.55. The van der Waals surface area contributed by atoms with E-state index in [2.05, 4.69) is 46.8 Å². The third-order valence-corrected chi connectivity index (χ3v) is 4.51. The van der Waals surface area contributed by atoms with Crippen LogP contribution in [-0.2, 0) is 0 Å². The van der Waals surface area contributed by atoms with Crippen molar-refractivity contribution < 1.29 is 4.79 Å². The molecule has 0 N–H and O–H groups in total. The van der Waals surface area contributed by atoms with Crippen LogP contribution in [0.2, 0.25) is 0 Å². The Labute approximate surface area is 143 Å². The molecule has 0 unspecified atom stereocenters. The van der Waals surface area contributed by atoms with Crippen molar-refractivity contribution >= 4 is 5.78 Å². The lowest BCUT2D eigenvalue weighted by Gasteiger charge is -2.15. The zero-order chi connectivity index (χ0) is 17.2. The number of hydrogen-bond acceptors (Lipinski definition) is 1. The molecule has 0 saturated carbocycles. The molecule has 0 atom stereocenters. The van der Waals surface area contributed by atoms with Crippen LogP contribution in [0, 0.1) is 6.07 Å². The molecule has 1 heteroatoms. The predicted octanol–water partition coefficient (Wildman–Crippen LogP) is 7.06. The first kappa shape index (κ1) is 19.9. The van der Waals surface area contributed by atoms with Crippen molar-refractivity contribution in [2.45, 2.75) is 97.8 Å². The van der Waals surface area contributed by atoms with E-state index in [1.807, 2.05) is 6.07 Å². The molecule has 23 heavy (non-hydrogen) atoms. The molecule has 0 heterocycles. The summed E-state index contributed by atoms with van der Waals surface area (Å²) in [4.78, 5) is 12.6. The smallest absolute Gasteiger partial charge is 0.163 e. The quantitative estimate of drug-likeness (QED) is 0.315. The van der Waals surface area contributed by atoms with Crippen LogP contribution >= 0.6 is 0 Å². The van der Waals surface area contributed by atoms with Gasteiger partial charge in [-0.15, -0.1) is 0 Å². The largest absolute Gasteiger partial charge is 0.294 e. The predicted molar refractivity (Wildman–Crippen MR) is 100 cm³/mol. The van der Waals surface area contributed by atoms with E-state index in [9.17, 15) is 4.79 Å². The van der Waals surface area contributed by atoms with Crippen LogP contribution in [0.4, 0.5) is 0 Å². The highest BCUT2D eigenvalue weighted by atomic mass is 16.1. The van der Waals surface area contributed by atoms with Gasteiger partial charge in [0.1, 0.15) is 0 Å². The number of carbonyl (C=O) groups is 1. The van der Waals surface area contributed by atoms with Crippen molar-refractivity contribution in [3.63, 3.8) is 0 Å². The van der Waals surface area contributed by atoms with Gasteiger partial charge in [0.15, 0.2) is 5.78 Å².